The molecular formula is C22H18BrCl3N2O2. The molecule has 0 N–H and O–H groups in total. The quantitative estimate of drug-likeness (QED) is 0.337. The third kappa shape index (κ3) is 6.11. The van der Waals surface area contributed by atoms with Crippen molar-refractivity contribution >= 4 is 56.6 Å². The van der Waals surface area contributed by atoms with Crippen molar-refractivity contribution in [3.63, 3.8) is 0 Å². The van der Waals surface area contributed by atoms with Crippen LogP contribution in [0.25, 0.3) is 0 Å². The van der Waals surface area contributed by atoms with Crippen LogP contribution in [0, 0.1) is 6.92 Å². The summed E-state index contributed by atoms with van der Waals surface area (Å²) in [5, 5.41) is 1.07. The van der Waals surface area contributed by atoms with E-state index in [1.165, 1.54) is 0 Å². The summed E-state index contributed by atoms with van der Waals surface area (Å²) in [6.45, 7) is 2.99. The van der Waals surface area contributed by atoms with Crippen LogP contribution in [0.3, 0.4) is 0 Å². The second-order valence-corrected chi connectivity index (χ2v) is 8.82. The molecule has 0 radical (unpaired) electrons. The van der Waals surface area contributed by atoms with Gasteiger partial charge in [-0.3, -0.25) is 9.78 Å². The maximum Gasteiger partial charge on any atom is 0.255 e. The summed E-state index contributed by atoms with van der Waals surface area (Å²) in [5.41, 5.74) is 2.65. The predicted molar refractivity (Wildman–Crippen MR) is 125 cm³/mol. The van der Waals surface area contributed by atoms with Crippen LogP contribution in [-0.4, -0.2) is 28.9 Å². The van der Waals surface area contributed by atoms with Gasteiger partial charge in [0.05, 0.1) is 22.2 Å². The van der Waals surface area contributed by atoms with Crippen molar-refractivity contribution in [2.75, 3.05) is 13.2 Å². The molecule has 30 heavy (non-hydrogen) atoms. The van der Waals surface area contributed by atoms with Crippen LogP contribution < -0.4 is 4.74 Å². The standard InChI is InChI=1S/C22H18BrCl3N2O2/c1-14-2-4-15(5-3-14)13-28(22(29)16-8-17(23)12-27-11-16)6-7-30-21-19(25)9-18(24)10-20(21)26/h2-5,8-12H,6-7,13H2,1H3. The van der Waals surface area contributed by atoms with Crippen LogP contribution >= 0.6 is 50.7 Å². The normalized spacial score (nSPS) is 10.7. The molecule has 0 aliphatic heterocycles. The average molecular weight is 529 g/mol. The molecule has 3 rings (SSSR count). The monoisotopic (exact) mass is 526 g/mol. The SMILES string of the molecule is Cc1ccc(CN(CCOc2c(Cl)cc(Cl)cc2Cl)C(=O)c2cncc(Br)c2)cc1. The molecule has 0 spiro atoms. The number of hydrogen-bond acceptors (Lipinski definition) is 3. The number of rotatable bonds is 7. The molecule has 0 aliphatic rings. The zero-order chi connectivity index (χ0) is 21.7. The second-order valence-electron chi connectivity index (χ2n) is 6.65. The van der Waals surface area contributed by atoms with Gasteiger partial charge < -0.3 is 9.64 Å². The Morgan fingerprint density at radius 1 is 1.07 bits per heavy atom. The second kappa shape index (κ2) is 10.5. The Kier molecular flexibility index (Phi) is 8.00. The van der Waals surface area contributed by atoms with Gasteiger partial charge in [-0.1, -0.05) is 64.6 Å². The Labute approximate surface area is 198 Å². The molecule has 8 heteroatoms. The van der Waals surface area contributed by atoms with Crippen molar-refractivity contribution in [3.05, 3.63) is 91.1 Å². The van der Waals surface area contributed by atoms with Crippen molar-refractivity contribution in [2.24, 2.45) is 0 Å². The largest absolute Gasteiger partial charge is 0.489 e. The first-order chi connectivity index (χ1) is 14.3. The number of ether oxygens (including phenoxy) is 1. The zero-order valence-electron chi connectivity index (χ0n) is 16.0. The van der Waals surface area contributed by atoms with Crippen LogP contribution in [0.15, 0.2) is 59.3 Å². The average Bonchev–Trinajstić information content (AvgIpc) is 2.70. The number of amides is 1. The number of halogens is 4. The third-order valence-electron chi connectivity index (χ3n) is 4.30. The molecule has 4 nitrogen and oxygen atoms in total. The molecule has 0 aliphatic carbocycles. The number of nitrogens with zero attached hydrogens (tertiary/aromatic N) is 2. The van der Waals surface area contributed by atoms with Gasteiger partial charge >= 0.3 is 0 Å². The van der Waals surface area contributed by atoms with Crippen LogP contribution in [0.1, 0.15) is 21.5 Å². The number of hydrogen-bond donors (Lipinski definition) is 0. The Hall–Kier alpha value is -1.79. The lowest BCUT2D eigenvalue weighted by atomic mass is 10.1. The van der Waals surface area contributed by atoms with E-state index in [0.717, 1.165) is 15.6 Å². The molecule has 1 aromatic heterocycles. The third-order valence-corrected chi connectivity index (χ3v) is 5.52. The lowest BCUT2D eigenvalue weighted by Crippen LogP contribution is -2.34. The van der Waals surface area contributed by atoms with Crippen LogP contribution in [0.4, 0.5) is 0 Å². The van der Waals surface area contributed by atoms with Gasteiger partial charge in [-0.05, 0) is 46.6 Å². The minimum Gasteiger partial charge on any atom is -0.489 e. The maximum atomic E-state index is 13.1. The van der Waals surface area contributed by atoms with Crippen molar-refractivity contribution < 1.29 is 9.53 Å². The Morgan fingerprint density at radius 3 is 2.37 bits per heavy atom. The summed E-state index contributed by atoms with van der Waals surface area (Å²) in [4.78, 5) is 18.9. The predicted octanol–water partition coefficient (Wildman–Crippen LogP) is 6.83. The highest BCUT2D eigenvalue weighted by molar-refractivity contribution is 9.10. The highest BCUT2D eigenvalue weighted by atomic mass is 79.9. The molecular weight excluding hydrogens is 511 g/mol. The van der Waals surface area contributed by atoms with Crippen LogP contribution in [-0.2, 0) is 6.54 Å². The summed E-state index contributed by atoms with van der Waals surface area (Å²) in [5.74, 6) is 0.191. The maximum absolute atomic E-state index is 13.1. The fourth-order valence-corrected chi connectivity index (χ4v) is 4.09. The highest BCUT2D eigenvalue weighted by Crippen LogP contribution is 2.35. The fraction of sp³-hybridized carbons (Fsp3) is 0.182. The van der Waals surface area contributed by atoms with E-state index >= 15 is 0 Å². The number of aryl methyl sites for hydroxylation is 1. The number of carbonyl (C=O) groups excluding carboxylic acids is 1. The van der Waals surface area contributed by atoms with Crippen LogP contribution in [0.5, 0.6) is 5.75 Å². The molecule has 1 amide bonds. The van der Waals surface area contributed by atoms with Gasteiger partial charge in [0.1, 0.15) is 6.61 Å². The van der Waals surface area contributed by atoms with E-state index in [-0.39, 0.29) is 12.5 Å². The number of carbonyl (C=O) groups is 1. The van der Waals surface area contributed by atoms with Crippen molar-refractivity contribution in [3.8, 4) is 5.75 Å². The van der Waals surface area contributed by atoms with Crippen molar-refractivity contribution in [2.45, 2.75) is 13.5 Å². The first kappa shape index (κ1) is 22.9. The van der Waals surface area contributed by atoms with E-state index in [1.807, 2.05) is 31.2 Å². The van der Waals surface area contributed by atoms with E-state index in [9.17, 15) is 4.79 Å². The molecule has 0 saturated heterocycles. The van der Waals surface area contributed by atoms with E-state index in [0.29, 0.717) is 39.5 Å². The minimum atomic E-state index is -0.152. The lowest BCUT2D eigenvalue weighted by Gasteiger charge is -2.23. The van der Waals surface area contributed by atoms with Gasteiger partial charge in [0.15, 0.2) is 5.75 Å². The Balaban J connectivity index is 1.77. The molecule has 0 bridgehead atoms. The molecule has 2 aromatic carbocycles. The number of benzene rings is 2. The van der Waals surface area contributed by atoms with Gasteiger partial charge in [0, 0.05) is 28.4 Å². The highest BCUT2D eigenvalue weighted by Gasteiger charge is 2.18. The topological polar surface area (TPSA) is 42.4 Å². The van der Waals surface area contributed by atoms with Gasteiger partial charge in [0.2, 0.25) is 0 Å². The van der Waals surface area contributed by atoms with E-state index in [2.05, 4.69) is 20.9 Å². The summed E-state index contributed by atoms with van der Waals surface area (Å²) in [7, 11) is 0. The van der Waals surface area contributed by atoms with Crippen LogP contribution in [0.2, 0.25) is 15.1 Å². The Morgan fingerprint density at radius 2 is 1.73 bits per heavy atom. The van der Waals surface area contributed by atoms with E-state index in [4.69, 9.17) is 39.5 Å². The van der Waals surface area contributed by atoms with Gasteiger partial charge in [-0.2, -0.15) is 0 Å². The molecule has 0 saturated carbocycles. The van der Waals surface area contributed by atoms with Gasteiger partial charge in [0.25, 0.3) is 5.91 Å². The molecule has 0 unspecified atom stereocenters. The molecule has 0 atom stereocenters. The smallest absolute Gasteiger partial charge is 0.255 e. The molecule has 0 fully saturated rings. The minimum absolute atomic E-state index is 0.152. The number of aromatic nitrogens is 1. The van der Waals surface area contributed by atoms with E-state index < -0.39 is 0 Å². The zero-order valence-corrected chi connectivity index (χ0v) is 19.9. The summed E-state index contributed by atoms with van der Waals surface area (Å²) in [6.07, 6.45) is 3.18. The van der Waals surface area contributed by atoms with Crippen molar-refractivity contribution in [1.82, 2.24) is 9.88 Å². The van der Waals surface area contributed by atoms with Crippen molar-refractivity contribution in [1.29, 1.82) is 0 Å². The van der Waals surface area contributed by atoms with E-state index in [1.54, 1.807) is 35.5 Å². The number of pyridine rings is 1. The molecule has 156 valence electrons. The summed E-state index contributed by atoms with van der Waals surface area (Å²) in [6, 6.07) is 12.9. The molecule has 1 heterocycles. The lowest BCUT2D eigenvalue weighted by molar-refractivity contribution is 0.0716. The molecule has 3 aromatic rings. The van der Waals surface area contributed by atoms with Gasteiger partial charge in [-0.25, -0.2) is 0 Å². The summed E-state index contributed by atoms with van der Waals surface area (Å²) < 4.78 is 6.51. The first-order valence-electron chi connectivity index (χ1n) is 9.06. The fourth-order valence-electron chi connectivity index (χ4n) is 2.80. The summed E-state index contributed by atoms with van der Waals surface area (Å²) >= 11 is 21.7. The Bertz CT molecular complexity index is 1020. The first-order valence-corrected chi connectivity index (χ1v) is 11.0. The van der Waals surface area contributed by atoms with Gasteiger partial charge in [-0.15, -0.1) is 0 Å².